The van der Waals surface area contributed by atoms with Gasteiger partial charge < -0.3 is 19.7 Å². The lowest BCUT2D eigenvalue weighted by Gasteiger charge is -2.31. The van der Waals surface area contributed by atoms with Gasteiger partial charge in [-0.3, -0.25) is 19.3 Å². The summed E-state index contributed by atoms with van der Waals surface area (Å²) in [5, 5.41) is 6.32. The molecule has 0 bridgehead atoms. The van der Waals surface area contributed by atoms with Gasteiger partial charge in [0.25, 0.3) is 11.8 Å². The lowest BCUT2D eigenvalue weighted by atomic mass is 9.97. The van der Waals surface area contributed by atoms with Gasteiger partial charge in [0.1, 0.15) is 11.5 Å². The Balaban J connectivity index is 1.28. The second kappa shape index (κ2) is 9.84. The molecule has 1 saturated heterocycles. The van der Waals surface area contributed by atoms with Gasteiger partial charge in [-0.2, -0.15) is 0 Å². The summed E-state index contributed by atoms with van der Waals surface area (Å²) in [5.41, 5.74) is 3.42. The summed E-state index contributed by atoms with van der Waals surface area (Å²) in [6, 6.07) is 8.27. The van der Waals surface area contributed by atoms with E-state index in [0.717, 1.165) is 31.4 Å². The number of imide groups is 1. The van der Waals surface area contributed by atoms with Crippen LogP contribution >= 0.6 is 0 Å². The van der Waals surface area contributed by atoms with E-state index in [-0.39, 0.29) is 23.7 Å². The Bertz CT molecular complexity index is 1760. The molecule has 0 aliphatic carbocycles. The van der Waals surface area contributed by atoms with Gasteiger partial charge in [-0.25, -0.2) is 14.2 Å². The maximum absolute atomic E-state index is 15.1. The van der Waals surface area contributed by atoms with Crippen LogP contribution < -0.4 is 10.6 Å². The van der Waals surface area contributed by atoms with Crippen LogP contribution in [0, 0.1) is 11.7 Å². The van der Waals surface area contributed by atoms with Crippen LogP contribution in [0.15, 0.2) is 48.9 Å². The van der Waals surface area contributed by atoms with E-state index in [1.54, 1.807) is 32.8 Å². The highest BCUT2D eigenvalue weighted by atomic mass is 19.1. The van der Waals surface area contributed by atoms with E-state index in [9.17, 15) is 14.4 Å². The zero-order valence-corrected chi connectivity index (χ0v) is 22.7. The molecule has 0 saturated carbocycles. The van der Waals surface area contributed by atoms with Gasteiger partial charge in [0.15, 0.2) is 0 Å². The van der Waals surface area contributed by atoms with Gasteiger partial charge in [0, 0.05) is 56.6 Å². The number of amides is 4. The van der Waals surface area contributed by atoms with Gasteiger partial charge in [-0.1, -0.05) is 6.07 Å². The average Bonchev–Trinajstić information content (AvgIpc) is 3.59. The first-order valence-corrected chi connectivity index (χ1v) is 13.9. The summed E-state index contributed by atoms with van der Waals surface area (Å²) >= 11 is 0. The molecule has 6 heterocycles. The first-order chi connectivity index (χ1) is 19.9. The highest BCUT2D eigenvalue weighted by Gasteiger charge is 2.36. The molecule has 41 heavy (non-hydrogen) atoms. The molecule has 1 fully saturated rings. The van der Waals surface area contributed by atoms with E-state index >= 15 is 4.39 Å². The first kappa shape index (κ1) is 25.5. The number of benzene rings is 1. The van der Waals surface area contributed by atoms with Gasteiger partial charge in [0.05, 0.1) is 28.6 Å². The molecule has 0 spiro atoms. The Morgan fingerprint density at radius 2 is 1.93 bits per heavy atom. The third-order valence-corrected chi connectivity index (χ3v) is 8.45. The normalized spacial score (nSPS) is 18.0. The maximum Gasteiger partial charge on any atom is 0.320 e. The molecular weight excluding hydrogens is 525 g/mol. The summed E-state index contributed by atoms with van der Waals surface area (Å²) in [5.74, 6) is -1.06. The van der Waals surface area contributed by atoms with Crippen molar-refractivity contribution in [1.29, 1.82) is 0 Å². The van der Waals surface area contributed by atoms with E-state index < -0.39 is 17.6 Å². The number of aromatic nitrogens is 3. The standard InChI is InChI=1S/C30H30FN7O3/c1-35(15-18-5-7-32-8-6-18)30(41)37-11-10-36-17-22(21-13-20(31)12-19(16-37)27(21)36)25-26(29(40)34-28(25)39)23-14-33-24-4-2-3-9-38(23)24/h2-4,9,12-14,17-18,32H,5-8,10-11,15-16H2,1H3,(H,34,39,40). The molecule has 3 aliphatic rings. The van der Waals surface area contributed by atoms with Crippen molar-refractivity contribution in [1.82, 2.24) is 34.4 Å². The zero-order valence-electron chi connectivity index (χ0n) is 22.7. The van der Waals surface area contributed by atoms with Crippen LogP contribution in [0.5, 0.6) is 0 Å². The summed E-state index contributed by atoms with van der Waals surface area (Å²) in [7, 11) is 1.83. The molecule has 210 valence electrons. The first-order valence-electron chi connectivity index (χ1n) is 13.9. The predicted molar refractivity (Wildman–Crippen MR) is 151 cm³/mol. The summed E-state index contributed by atoms with van der Waals surface area (Å²) in [6.45, 7) is 3.77. The number of hydrogen-bond acceptors (Lipinski definition) is 5. The van der Waals surface area contributed by atoms with Crippen LogP contribution in [-0.2, 0) is 22.7 Å². The number of hydrogen-bond donors (Lipinski definition) is 2. The average molecular weight is 556 g/mol. The van der Waals surface area contributed by atoms with E-state index in [1.165, 1.54) is 12.1 Å². The molecule has 1 aromatic carbocycles. The van der Waals surface area contributed by atoms with Crippen LogP contribution in [0.3, 0.4) is 0 Å². The highest BCUT2D eigenvalue weighted by Crippen LogP contribution is 2.38. The van der Waals surface area contributed by atoms with Crippen LogP contribution in [-0.4, -0.2) is 74.8 Å². The van der Waals surface area contributed by atoms with Crippen molar-refractivity contribution in [3.63, 3.8) is 0 Å². The Morgan fingerprint density at radius 3 is 2.76 bits per heavy atom. The second-order valence-corrected chi connectivity index (χ2v) is 11.1. The molecule has 0 unspecified atom stereocenters. The number of nitrogens with zero attached hydrogens (tertiary/aromatic N) is 5. The van der Waals surface area contributed by atoms with Crippen LogP contribution in [0.25, 0.3) is 27.7 Å². The third kappa shape index (κ3) is 4.28. The molecule has 4 amide bonds. The summed E-state index contributed by atoms with van der Waals surface area (Å²) in [6.07, 6.45) is 7.24. The third-order valence-electron chi connectivity index (χ3n) is 8.45. The molecule has 3 aromatic heterocycles. The lowest BCUT2D eigenvalue weighted by molar-refractivity contribution is -0.122. The largest absolute Gasteiger partial charge is 0.345 e. The van der Waals surface area contributed by atoms with Crippen LogP contribution in [0.1, 0.15) is 29.7 Å². The zero-order chi connectivity index (χ0) is 28.2. The van der Waals surface area contributed by atoms with Crippen molar-refractivity contribution in [2.24, 2.45) is 5.92 Å². The number of halogens is 1. The number of carbonyl (C=O) groups is 3. The number of rotatable bonds is 4. The Hall–Kier alpha value is -4.51. The molecule has 7 rings (SSSR count). The fourth-order valence-electron chi connectivity index (χ4n) is 6.51. The van der Waals surface area contributed by atoms with Gasteiger partial charge in [0.2, 0.25) is 0 Å². The number of nitrogens with one attached hydrogen (secondary N) is 2. The Labute approximate surface area is 235 Å². The summed E-state index contributed by atoms with van der Waals surface area (Å²) in [4.78, 5) is 47.7. The topological polar surface area (TPSA) is 104 Å². The molecule has 0 radical (unpaired) electrons. The fourth-order valence-corrected chi connectivity index (χ4v) is 6.51. The van der Waals surface area contributed by atoms with Crippen molar-refractivity contribution >= 4 is 45.5 Å². The number of urea groups is 1. The van der Waals surface area contributed by atoms with Gasteiger partial charge in [-0.15, -0.1) is 0 Å². The molecule has 0 atom stereocenters. The number of fused-ring (bicyclic) bond motifs is 1. The highest BCUT2D eigenvalue weighted by molar-refractivity contribution is 6.49. The number of pyridine rings is 1. The van der Waals surface area contributed by atoms with Crippen LogP contribution in [0.2, 0.25) is 0 Å². The molecule has 2 N–H and O–H groups in total. The number of carbonyl (C=O) groups excluding carboxylic acids is 3. The molecule has 10 nitrogen and oxygen atoms in total. The van der Waals surface area contributed by atoms with Crippen molar-refractivity contribution in [2.75, 3.05) is 33.2 Å². The quantitative estimate of drug-likeness (QED) is 0.377. The Morgan fingerprint density at radius 1 is 1.12 bits per heavy atom. The second-order valence-electron chi connectivity index (χ2n) is 11.1. The van der Waals surface area contributed by atoms with E-state index in [0.29, 0.717) is 53.4 Å². The molecule has 4 aromatic rings. The smallest absolute Gasteiger partial charge is 0.320 e. The monoisotopic (exact) mass is 555 g/mol. The van der Waals surface area contributed by atoms with Crippen molar-refractivity contribution in [3.05, 3.63) is 71.6 Å². The predicted octanol–water partition coefficient (Wildman–Crippen LogP) is 2.86. The number of imidazole rings is 1. The van der Waals surface area contributed by atoms with Crippen molar-refractivity contribution in [2.45, 2.75) is 25.9 Å². The fraction of sp³-hybridized carbons (Fsp3) is 0.333. The Kier molecular flexibility index (Phi) is 6.11. The van der Waals surface area contributed by atoms with Crippen LogP contribution in [0.4, 0.5) is 9.18 Å². The molecular formula is C30H30FN7O3. The van der Waals surface area contributed by atoms with Gasteiger partial charge >= 0.3 is 6.03 Å². The minimum Gasteiger partial charge on any atom is -0.345 e. The molecule has 3 aliphatic heterocycles. The maximum atomic E-state index is 15.1. The number of piperidine rings is 1. The van der Waals surface area contributed by atoms with E-state index in [4.69, 9.17) is 0 Å². The minimum atomic E-state index is -0.533. The SMILES string of the molecule is CN(CC1CCNCC1)C(=O)N1CCn2cc(C3=C(c4cnc5ccccn45)C(=O)NC3=O)c3cc(F)cc(c32)C1. The lowest BCUT2D eigenvalue weighted by Crippen LogP contribution is -2.44. The minimum absolute atomic E-state index is 0.0784. The van der Waals surface area contributed by atoms with Crippen molar-refractivity contribution < 1.29 is 18.8 Å². The van der Waals surface area contributed by atoms with E-state index in [1.807, 2.05) is 29.8 Å². The van der Waals surface area contributed by atoms with E-state index in [2.05, 4.69) is 15.6 Å². The van der Waals surface area contributed by atoms with Gasteiger partial charge in [-0.05, 0) is 61.7 Å². The summed E-state index contributed by atoms with van der Waals surface area (Å²) < 4.78 is 18.9. The van der Waals surface area contributed by atoms with Crippen molar-refractivity contribution in [3.8, 4) is 0 Å². The molecule has 11 heteroatoms.